The van der Waals surface area contributed by atoms with Crippen molar-refractivity contribution in [3.8, 4) is 73.4 Å². The molecule has 4 aromatic heterocycles. The average Bonchev–Trinajstić information content (AvgIpc) is 3.95. The molecule has 0 aliphatic rings. The number of nitrogens with zero attached hydrogens (tertiary/aromatic N) is 5. The zero-order valence-corrected chi connectivity index (χ0v) is 35.5. The van der Waals surface area contributed by atoms with Crippen LogP contribution in [0.5, 0.6) is 0 Å². The molecule has 0 fully saturated rings. The third-order valence-corrected chi connectivity index (χ3v) is 12.7. The quantitative estimate of drug-likeness (QED) is 0.160. The second-order valence-electron chi connectivity index (χ2n) is 16.6. The van der Waals surface area contributed by atoms with Crippen LogP contribution in [0.15, 0.2) is 229 Å². The maximum absolute atomic E-state index is 6.37. The van der Waals surface area contributed by atoms with E-state index in [4.69, 9.17) is 24.4 Å². The summed E-state index contributed by atoms with van der Waals surface area (Å²) in [6.45, 7) is 0. The average molecular weight is 844 g/mol. The molecule has 0 spiro atoms. The smallest absolute Gasteiger partial charge is 0.186 e. The Hall–Kier alpha value is -9.00. The predicted molar refractivity (Wildman–Crippen MR) is 269 cm³/mol. The standard InChI is InChI=1S/C60H37N5O/c1-3-12-38(13-4-1)39-22-24-41(25-23-39)46-31-28-42-32-33-53-55(51(42)37-46)50-19-7-9-20-52(50)65(53)47-17-11-16-45(36-47)40-26-29-44(30-27-40)59-62-58(43-14-5-2-6-15-43)63-60(64-59)56-57-49(34-35-61-56)48-18-8-10-21-54(48)66-57/h1-37H. The molecule has 6 nitrogen and oxygen atoms in total. The first-order chi connectivity index (χ1) is 32.7. The molecule has 66 heavy (non-hydrogen) atoms. The van der Waals surface area contributed by atoms with Gasteiger partial charge in [-0.3, -0.25) is 0 Å². The Bertz CT molecular complexity index is 3970. The molecule has 0 amide bonds. The SMILES string of the molecule is c1ccc(-c2ccc(-c3ccc4ccc5c(c4c3)c3ccccc3n5-c3cccc(-c4ccc(-c5nc(-c6ccccc6)nc(-c6nccc7c6oc6ccccc67)n5)cc4)c3)cc2)cc1. The van der Waals surface area contributed by atoms with Crippen LogP contribution in [-0.2, 0) is 0 Å². The molecule has 0 atom stereocenters. The van der Waals surface area contributed by atoms with Gasteiger partial charge < -0.3 is 8.98 Å². The Morgan fingerprint density at radius 2 is 0.894 bits per heavy atom. The van der Waals surface area contributed by atoms with Gasteiger partial charge in [-0.15, -0.1) is 0 Å². The van der Waals surface area contributed by atoms with Crippen molar-refractivity contribution in [2.75, 3.05) is 0 Å². The Labute approximate surface area is 379 Å². The van der Waals surface area contributed by atoms with E-state index in [1.807, 2.05) is 54.6 Å². The molecule has 0 saturated heterocycles. The first-order valence-electron chi connectivity index (χ1n) is 22.1. The molecule has 0 N–H and O–H groups in total. The van der Waals surface area contributed by atoms with E-state index < -0.39 is 0 Å². The number of hydrogen-bond acceptors (Lipinski definition) is 5. The van der Waals surface area contributed by atoms with E-state index in [0.717, 1.165) is 49.8 Å². The molecule has 0 aliphatic carbocycles. The highest BCUT2D eigenvalue weighted by Gasteiger charge is 2.20. The monoisotopic (exact) mass is 843 g/mol. The first kappa shape index (κ1) is 37.5. The highest BCUT2D eigenvalue weighted by Crippen LogP contribution is 2.40. The van der Waals surface area contributed by atoms with Gasteiger partial charge in [-0.1, -0.05) is 176 Å². The summed E-state index contributed by atoms with van der Waals surface area (Å²) >= 11 is 0. The fourth-order valence-electron chi connectivity index (χ4n) is 9.51. The van der Waals surface area contributed by atoms with Crippen LogP contribution in [0.25, 0.3) is 128 Å². The summed E-state index contributed by atoms with van der Waals surface area (Å²) in [5, 5.41) is 6.92. The number of benzene rings is 9. The number of aromatic nitrogens is 5. The normalized spacial score (nSPS) is 11.6. The summed E-state index contributed by atoms with van der Waals surface area (Å²) in [6, 6.07) is 76.8. The maximum atomic E-state index is 6.37. The van der Waals surface area contributed by atoms with Crippen LogP contribution in [0.4, 0.5) is 0 Å². The van der Waals surface area contributed by atoms with E-state index in [2.05, 4.69) is 168 Å². The first-order valence-corrected chi connectivity index (χ1v) is 22.1. The van der Waals surface area contributed by atoms with Gasteiger partial charge in [0.2, 0.25) is 0 Å². The summed E-state index contributed by atoms with van der Waals surface area (Å²) < 4.78 is 8.77. The minimum Gasteiger partial charge on any atom is -0.454 e. The van der Waals surface area contributed by atoms with Crippen molar-refractivity contribution < 1.29 is 4.42 Å². The van der Waals surface area contributed by atoms with Gasteiger partial charge in [0.05, 0.1) is 11.0 Å². The van der Waals surface area contributed by atoms with Crippen LogP contribution >= 0.6 is 0 Å². The molecule has 0 radical (unpaired) electrons. The van der Waals surface area contributed by atoms with Crippen molar-refractivity contribution >= 4 is 54.5 Å². The van der Waals surface area contributed by atoms with Crippen LogP contribution in [0.1, 0.15) is 0 Å². The van der Waals surface area contributed by atoms with Crippen molar-refractivity contribution in [1.29, 1.82) is 0 Å². The number of furan rings is 1. The van der Waals surface area contributed by atoms with Gasteiger partial charge in [-0.05, 0) is 86.6 Å². The van der Waals surface area contributed by atoms with Gasteiger partial charge in [0.15, 0.2) is 28.8 Å². The second kappa shape index (κ2) is 15.4. The molecule has 6 heteroatoms. The van der Waals surface area contributed by atoms with Crippen LogP contribution in [0.3, 0.4) is 0 Å². The minimum absolute atomic E-state index is 0.452. The Balaban J connectivity index is 0.879. The highest BCUT2D eigenvalue weighted by atomic mass is 16.3. The van der Waals surface area contributed by atoms with E-state index in [0.29, 0.717) is 28.8 Å². The van der Waals surface area contributed by atoms with E-state index in [1.165, 1.54) is 49.3 Å². The Morgan fingerprint density at radius 1 is 0.348 bits per heavy atom. The number of hydrogen-bond donors (Lipinski definition) is 0. The van der Waals surface area contributed by atoms with Crippen LogP contribution in [-0.4, -0.2) is 24.5 Å². The molecule has 308 valence electrons. The van der Waals surface area contributed by atoms with E-state index in [1.54, 1.807) is 6.20 Å². The predicted octanol–water partition coefficient (Wildman–Crippen LogP) is 15.4. The lowest BCUT2D eigenvalue weighted by atomic mass is 9.96. The van der Waals surface area contributed by atoms with E-state index in [9.17, 15) is 0 Å². The highest BCUT2D eigenvalue weighted by molar-refractivity contribution is 6.22. The summed E-state index contributed by atoms with van der Waals surface area (Å²) in [7, 11) is 0. The lowest BCUT2D eigenvalue weighted by Crippen LogP contribution is -2.01. The van der Waals surface area contributed by atoms with Gasteiger partial charge in [0.1, 0.15) is 5.58 Å². The summed E-state index contributed by atoms with van der Waals surface area (Å²) in [5.41, 5.74) is 14.2. The molecule has 0 saturated carbocycles. The molecule has 0 bridgehead atoms. The molecule has 4 heterocycles. The lowest BCUT2D eigenvalue weighted by molar-refractivity contribution is 0.667. The Kier molecular flexibility index (Phi) is 8.74. The number of pyridine rings is 1. The van der Waals surface area contributed by atoms with Crippen LogP contribution in [0.2, 0.25) is 0 Å². The molecule has 0 unspecified atom stereocenters. The molecular weight excluding hydrogens is 807 g/mol. The van der Waals surface area contributed by atoms with Crippen molar-refractivity contribution in [2.45, 2.75) is 0 Å². The number of rotatable bonds is 7. The molecular formula is C60H37N5O. The third kappa shape index (κ3) is 6.34. The summed E-state index contributed by atoms with van der Waals surface area (Å²) in [5.74, 6) is 1.57. The zero-order valence-electron chi connectivity index (χ0n) is 35.5. The van der Waals surface area contributed by atoms with Gasteiger partial charge in [-0.2, -0.15) is 0 Å². The van der Waals surface area contributed by atoms with Crippen LogP contribution < -0.4 is 0 Å². The largest absolute Gasteiger partial charge is 0.454 e. The fraction of sp³-hybridized carbons (Fsp3) is 0. The van der Waals surface area contributed by atoms with Gasteiger partial charge >= 0.3 is 0 Å². The zero-order chi connectivity index (χ0) is 43.6. The van der Waals surface area contributed by atoms with Crippen molar-refractivity contribution in [1.82, 2.24) is 24.5 Å². The van der Waals surface area contributed by atoms with Gasteiger partial charge in [0.25, 0.3) is 0 Å². The summed E-state index contributed by atoms with van der Waals surface area (Å²) in [4.78, 5) is 19.8. The van der Waals surface area contributed by atoms with Gasteiger partial charge in [0, 0.05) is 44.6 Å². The molecule has 0 aliphatic heterocycles. The lowest BCUT2D eigenvalue weighted by Gasteiger charge is -2.12. The van der Waals surface area contributed by atoms with Crippen molar-refractivity contribution in [3.05, 3.63) is 225 Å². The van der Waals surface area contributed by atoms with E-state index in [-0.39, 0.29) is 0 Å². The second-order valence-corrected chi connectivity index (χ2v) is 16.6. The Morgan fingerprint density at radius 3 is 1.65 bits per heavy atom. The molecule has 13 rings (SSSR count). The maximum Gasteiger partial charge on any atom is 0.186 e. The van der Waals surface area contributed by atoms with Gasteiger partial charge in [-0.25, -0.2) is 19.9 Å². The third-order valence-electron chi connectivity index (χ3n) is 12.7. The minimum atomic E-state index is 0.452. The number of para-hydroxylation sites is 2. The van der Waals surface area contributed by atoms with Crippen molar-refractivity contribution in [2.24, 2.45) is 0 Å². The van der Waals surface area contributed by atoms with Crippen molar-refractivity contribution in [3.63, 3.8) is 0 Å². The number of fused-ring (bicyclic) bond motifs is 8. The topological polar surface area (TPSA) is 69.6 Å². The fourth-order valence-corrected chi connectivity index (χ4v) is 9.51. The molecule has 9 aromatic carbocycles. The van der Waals surface area contributed by atoms with E-state index >= 15 is 0 Å². The van der Waals surface area contributed by atoms with Crippen LogP contribution in [0, 0.1) is 0 Å². The summed E-state index contributed by atoms with van der Waals surface area (Å²) in [6.07, 6.45) is 1.79. The molecule has 13 aromatic rings.